The largest absolute Gasteiger partial charge is 0.465 e. The van der Waals surface area contributed by atoms with E-state index in [0.717, 1.165) is 6.92 Å². The van der Waals surface area contributed by atoms with E-state index in [9.17, 15) is 26.4 Å². The number of ether oxygens (including phenoxy) is 2. The van der Waals surface area contributed by atoms with Crippen LogP contribution < -0.4 is 15.4 Å². The maximum atomic E-state index is 13.4. The van der Waals surface area contributed by atoms with Crippen LogP contribution in [0, 0.1) is 0 Å². The fourth-order valence-corrected chi connectivity index (χ4v) is 6.18. The van der Waals surface area contributed by atoms with E-state index in [0.29, 0.717) is 18.8 Å². The van der Waals surface area contributed by atoms with Gasteiger partial charge in [-0.2, -0.15) is 0 Å². The Hall–Kier alpha value is -3.59. The molecule has 12 nitrogen and oxygen atoms in total. The third-order valence-corrected chi connectivity index (χ3v) is 8.78. The van der Waals surface area contributed by atoms with Crippen molar-refractivity contribution in [2.75, 3.05) is 32.2 Å². The number of aromatic nitrogens is 1. The summed E-state index contributed by atoms with van der Waals surface area (Å²) in [6, 6.07) is 11.5. The second-order valence-electron chi connectivity index (χ2n) is 8.07. The van der Waals surface area contributed by atoms with Crippen molar-refractivity contribution in [3.63, 3.8) is 0 Å². The van der Waals surface area contributed by atoms with Crippen molar-refractivity contribution < 1.29 is 35.9 Å². The molecule has 1 amide bonds. The van der Waals surface area contributed by atoms with E-state index in [1.807, 2.05) is 4.72 Å². The van der Waals surface area contributed by atoms with Crippen LogP contribution in [0.5, 0.6) is 0 Å². The standard InChI is InChI=1S/C23H24N4O8S2/c1-14(28)27-37(32,33)15-7-8-19-17(11-15)20(25-18-6-4-3-5-16(18)23(29)34-2)12-21(26-19)36(30,31)22-13-35-10-9-24-22/h3-8,11-12,22,24H,9-10,13H2,1-2H3,(H,25,26)(H,27,28). The minimum Gasteiger partial charge on any atom is -0.465 e. The molecule has 2 heterocycles. The third-order valence-electron chi connectivity index (χ3n) is 5.50. The van der Waals surface area contributed by atoms with Gasteiger partial charge in [0, 0.05) is 18.9 Å². The Morgan fingerprint density at radius 3 is 2.51 bits per heavy atom. The summed E-state index contributed by atoms with van der Waals surface area (Å²) in [5, 5.41) is 4.85. The summed E-state index contributed by atoms with van der Waals surface area (Å²) in [4.78, 5) is 27.7. The average Bonchev–Trinajstić information content (AvgIpc) is 2.88. The van der Waals surface area contributed by atoms with E-state index >= 15 is 0 Å². The predicted molar refractivity (Wildman–Crippen MR) is 134 cm³/mol. The summed E-state index contributed by atoms with van der Waals surface area (Å²) in [5.74, 6) is -1.40. The normalized spacial score (nSPS) is 16.2. The van der Waals surface area contributed by atoms with E-state index in [-0.39, 0.29) is 38.7 Å². The van der Waals surface area contributed by atoms with Gasteiger partial charge in [0.2, 0.25) is 15.7 Å². The molecule has 14 heteroatoms. The number of carbonyl (C=O) groups is 2. The lowest BCUT2D eigenvalue weighted by molar-refractivity contribution is -0.117. The van der Waals surface area contributed by atoms with Crippen LogP contribution in [0.15, 0.2) is 58.5 Å². The molecule has 1 saturated heterocycles. The molecule has 3 aromatic rings. The fraction of sp³-hybridized carbons (Fsp3) is 0.261. The molecular weight excluding hydrogens is 524 g/mol. The van der Waals surface area contributed by atoms with Gasteiger partial charge < -0.3 is 14.8 Å². The number of anilines is 2. The summed E-state index contributed by atoms with van der Waals surface area (Å²) in [6.07, 6.45) is 0. The van der Waals surface area contributed by atoms with Gasteiger partial charge in [-0.25, -0.2) is 31.3 Å². The molecule has 1 unspecified atom stereocenters. The van der Waals surface area contributed by atoms with Crippen LogP contribution in [-0.2, 0) is 34.1 Å². The fourth-order valence-electron chi connectivity index (χ4n) is 3.76. The summed E-state index contributed by atoms with van der Waals surface area (Å²) < 4.78 is 64.0. The first-order valence-electron chi connectivity index (χ1n) is 11.0. The van der Waals surface area contributed by atoms with E-state index in [1.54, 1.807) is 18.2 Å². The molecule has 1 fully saturated rings. The van der Waals surface area contributed by atoms with Gasteiger partial charge in [0.25, 0.3) is 10.0 Å². The monoisotopic (exact) mass is 548 g/mol. The first-order chi connectivity index (χ1) is 17.5. The predicted octanol–water partition coefficient (Wildman–Crippen LogP) is 1.31. The number of morpholine rings is 1. The van der Waals surface area contributed by atoms with E-state index < -0.39 is 37.1 Å². The Morgan fingerprint density at radius 2 is 1.84 bits per heavy atom. The highest BCUT2D eigenvalue weighted by molar-refractivity contribution is 7.92. The zero-order valence-electron chi connectivity index (χ0n) is 19.8. The van der Waals surface area contributed by atoms with Crippen molar-refractivity contribution in [2.24, 2.45) is 0 Å². The van der Waals surface area contributed by atoms with Gasteiger partial charge in [-0.3, -0.25) is 10.1 Å². The topological polar surface area (TPSA) is 170 Å². The third kappa shape index (κ3) is 5.56. The van der Waals surface area contributed by atoms with Crippen LogP contribution in [0.4, 0.5) is 11.4 Å². The number of amides is 1. The van der Waals surface area contributed by atoms with Crippen LogP contribution in [0.3, 0.4) is 0 Å². The summed E-state index contributed by atoms with van der Waals surface area (Å²) in [5.41, 5.74) is 0.789. The van der Waals surface area contributed by atoms with Gasteiger partial charge >= 0.3 is 5.97 Å². The molecule has 1 aliphatic rings. The zero-order valence-corrected chi connectivity index (χ0v) is 21.5. The van der Waals surface area contributed by atoms with Crippen molar-refractivity contribution >= 4 is 54.0 Å². The number of benzene rings is 2. The van der Waals surface area contributed by atoms with Gasteiger partial charge in [-0.15, -0.1) is 0 Å². The molecule has 0 radical (unpaired) electrons. The maximum absolute atomic E-state index is 13.4. The lowest BCUT2D eigenvalue weighted by Gasteiger charge is -2.24. The number of hydrogen-bond acceptors (Lipinski definition) is 11. The molecule has 1 atom stereocenters. The van der Waals surface area contributed by atoms with Gasteiger partial charge in [-0.1, -0.05) is 12.1 Å². The number of nitrogens with one attached hydrogen (secondary N) is 3. The number of methoxy groups -OCH3 is 1. The van der Waals surface area contributed by atoms with E-state index in [1.165, 1.54) is 37.4 Å². The number of nitrogens with zero attached hydrogens (tertiary/aromatic N) is 1. The Morgan fingerprint density at radius 1 is 1.08 bits per heavy atom. The highest BCUT2D eigenvalue weighted by Gasteiger charge is 2.32. The van der Waals surface area contributed by atoms with Crippen molar-refractivity contribution in [1.82, 2.24) is 15.0 Å². The highest BCUT2D eigenvalue weighted by Crippen LogP contribution is 2.32. The first-order valence-corrected chi connectivity index (χ1v) is 14.0. The van der Waals surface area contributed by atoms with Gasteiger partial charge in [-0.05, 0) is 36.4 Å². The molecule has 1 aromatic heterocycles. The minimum atomic E-state index is -4.20. The second-order valence-corrected chi connectivity index (χ2v) is 11.8. The van der Waals surface area contributed by atoms with Crippen LogP contribution in [0.2, 0.25) is 0 Å². The van der Waals surface area contributed by atoms with Crippen molar-refractivity contribution in [3.8, 4) is 0 Å². The van der Waals surface area contributed by atoms with Gasteiger partial charge in [0.1, 0.15) is 5.37 Å². The van der Waals surface area contributed by atoms with E-state index in [2.05, 4.69) is 15.6 Å². The molecule has 0 saturated carbocycles. The Kier molecular flexibility index (Phi) is 7.45. The lowest BCUT2D eigenvalue weighted by Crippen LogP contribution is -2.46. The van der Waals surface area contributed by atoms with Gasteiger partial charge in [0.15, 0.2) is 5.03 Å². The average molecular weight is 549 g/mol. The number of carbonyl (C=O) groups excluding carboxylic acids is 2. The first kappa shape index (κ1) is 26.5. The molecule has 4 rings (SSSR count). The lowest BCUT2D eigenvalue weighted by atomic mass is 10.1. The zero-order chi connectivity index (χ0) is 26.8. The number of rotatable bonds is 7. The molecular formula is C23H24N4O8S2. The van der Waals surface area contributed by atoms with E-state index in [4.69, 9.17) is 9.47 Å². The smallest absolute Gasteiger partial charge is 0.339 e. The van der Waals surface area contributed by atoms with Crippen LogP contribution >= 0.6 is 0 Å². The molecule has 3 N–H and O–H groups in total. The van der Waals surface area contributed by atoms with Crippen molar-refractivity contribution in [1.29, 1.82) is 0 Å². The number of sulfonamides is 1. The van der Waals surface area contributed by atoms with Crippen LogP contribution in [-0.4, -0.2) is 65.9 Å². The Bertz CT molecular complexity index is 1580. The summed E-state index contributed by atoms with van der Waals surface area (Å²) in [7, 11) is -6.98. The van der Waals surface area contributed by atoms with Crippen LogP contribution in [0.1, 0.15) is 17.3 Å². The molecule has 1 aliphatic heterocycles. The molecule has 2 aromatic carbocycles. The highest BCUT2D eigenvalue weighted by atomic mass is 32.2. The Balaban J connectivity index is 1.91. The SMILES string of the molecule is COC(=O)c1ccccc1Nc1cc(S(=O)(=O)C2COCCN2)nc2ccc(S(=O)(=O)NC(C)=O)cc12. The molecule has 0 aliphatic carbocycles. The molecule has 0 spiro atoms. The molecule has 196 valence electrons. The maximum Gasteiger partial charge on any atom is 0.339 e. The number of esters is 1. The quantitative estimate of drug-likeness (QED) is 0.364. The molecule has 0 bridgehead atoms. The van der Waals surface area contributed by atoms with Crippen molar-refractivity contribution in [3.05, 3.63) is 54.1 Å². The number of fused-ring (bicyclic) bond motifs is 1. The minimum absolute atomic E-state index is 0.0656. The van der Waals surface area contributed by atoms with Crippen molar-refractivity contribution in [2.45, 2.75) is 22.2 Å². The summed E-state index contributed by atoms with van der Waals surface area (Å²) >= 11 is 0. The number of hydrogen-bond donors (Lipinski definition) is 3. The number of para-hydroxylation sites is 1. The molecule has 37 heavy (non-hydrogen) atoms. The summed E-state index contributed by atoms with van der Waals surface area (Å²) in [6.45, 7) is 1.72. The Labute approximate surface area is 213 Å². The second kappa shape index (κ2) is 10.4. The number of sulfone groups is 1. The number of pyridine rings is 1. The van der Waals surface area contributed by atoms with Crippen LogP contribution in [0.25, 0.3) is 10.9 Å². The van der Waals surface area contributed by atoms with Gasteiger partial charge in [0.05, 0.1) is 47.7 Å².